The molecule has 0 bridgehead atoms. The Kier molecular flexibility index (Phi) is 6.50. The number of aromatic nitrogens is 1. The van der Waals surface area contributed by atoms with Gasteiger partial charge in [0.2, 0.25) is 0 Å². The second kappa shape index (κ2) is 9.72. The number of aromatic amines is 1. The van der Waals surface area contributed by atoms with Gasteiger partial charge < -0.3 is 19.9 Å². The molecule has 1 atom stereocenters. The van der Waals surface area contributed by atoms with Gasteiger partial charge in [0.15, 0.2) is 0 Å². The standard InChI is InChI=1S/C28H32FN3O3/c1-2-35-24(33)18-28(15-6-3-7-16-28)31-27(34)32-17-14-22-21-8-4-5-9-23(21)30-25(22)26(32)19-10-12-20(29)13-11-19/h4-5,8-13,26,30H,2-3,6-7,14-18H2,1H3,(H,31,34)/t26-/m0/s1. The second-order valence-corrected chi connectivity index (χ2v) is 9.71. The molecule has 0 radical (unpaired) electrons. The molecule has 2 heterocycles. The molecule has 2 aliphatic rings. The van der Waals surface area contributed by atoms with Gasteiger partial charge in [-0.15, -0.1) is 0 Å². The average molecular weight is 478 g/mol. The summed E-state index contributed by atoms with van der Waals surface area (Å²) in [5.41, 5.74) is 3.42. The highest BCUT2D eigenvalue weighted by molar-refractivity contribution is 5.86. The van der Waals surface area contributed by atoms with Crippen molar-refractivity contribution < 1.29 is 18.7 Å². The normalized spacial score (nSPS) is 19.3. The molecule has 2 N–H and O–H groups in total. The van der Waals surface area contributed by atoms with Gasteiger partial charge in [-0.1, -0.05) is 49.6 Å². The SMILES string of the molecule is CCOC(=O)CC1(NC(=O)N2CCc3c([nH]c4ccccc34)[C@@H]2c2ccc(F)cc2)CCCCC1. The fourth-order valence-corrected chi connectivity index (χ4v) is 5.81. The Hall–Kier alpha value is -3.35. The van der Waals surface area contributed by atoms with Gasteiger partial charge in [-0.2, -0.15) is 0 Å². The van der Waals surface area contributed by atoms with Crippen LogP contribution in [0.2, 0.25) is 0 Å². The van der Waals surface area contributed by atoms with Gasteiger partial charge in [-0.3, -0.25) is 4.79 Å². The fraction of sp³-hybridized carbons (Fsp3) is 0.429. The van der Waals surface area contributed by atoms with E-state index in [-0.39, 0.29) is 30.3 Å². The zero-order valence-corrected chi connectivity index (χ0v) is 20.1. The number of rotatable bonds is 5. The van der Waals surface area contributed by atoms with Crippen molar-refractivity contribution in [2.24, 2.45) is 0 Å². The summed E-state index contributed by atoms with van der Waals surface area (Å²) in [4.78, 5) is 31.7. The van der Waals surface area contributed by atoms with E-state index in [0.29, 0.717) is 13.2 Å². The van der Waals surface area contributed by atoms with E-state index in [0.717, 1.165) is 60.7 Å². The van der Waals surface area contributed by atoms with Crippen molar-refractivity contribution in [2.75, 3.05) is 13.2 Å². The Morgan fingerprint density at radius 1 is 1.11 bits per heavy atom. The number of halogens is 1. The third-order valence-corrected chi connectivity index (χ3v) is 7.45. The number of carbonyl (C=O) groups excluding carboxylic acids is 2. The van der Waals surface area contributed by atoms with Gasteiger partial charge in [0.05, 0.1) is 24.6 Å². The predicted octanol–water partition coefficient (Wildman–Crippen LogP) is 5.62. The summed E-state index contributed by atoms with van der Waals surface area (Å²) < 4.78 is 19.0. The molecule has 7 heteroatoms. The van der Waals surface area contributed by atoms with Crippen molar-refractivity contribution >= 4 is 22.9 Å². The molecular weight excluding hydrogens is 445 g/mol. The first-order valence-corrected chi connectivity index (χ1v) is 12.6. The lowest BCUT2D eigenvalue weighted by Gasteiger charge is -2.42. The van der Waals surface area contributed by atoms with Crippen LogP contribution < -0.4 is 5.32 Å². The minimum atomic E-state index is -0.602. The molecule has 2 aromatic carbocycles. The van der Waals surface area contributed by atoms with E-state index in [9.17, 15) is 14.0 Å². The van der Waals surface area contributed by atoms with E-state index in [1.807, 2.05) is 23.1 Å². The van der Waals surface area contributed by atoms with Crippen molar-refractivity contribution in [2.45, 2.75) is 63.5 Å². The zero-order valence-electron chi connectivity index (χ0n) is 20.1. The summed E-state index contributed by atoms with van der Waals surface area (Å²) in [6, 6.07) is 13.9. The van der Waals surface area contributed by atoms with E-state index >= 15 is 0 Å². The molecule has 1 aliphatic heterocycles. The van der Waals surface area contributed by atoms with Crippen molar-refractivity contribution in [1.82, 2.24) is 15.2 Å². The maximum Gasteiger partial charge on any atom is 0.318 e. The fourth-order valence-electron chi connectivity index (χ4n) is 5.81. The summed E-state index contributed by atoms with van der Waals surface area (Å²) in [7, 11) is 0. The molecule has 6 nitrogen and oxygen atoms in total. The monoisotopic (exact) mass is 477 g/mol. The zero-order chi connectivity index (χ0) is 24.4. The maximum atomic E-state index is 13.9. The second-order valence-electron chi connectivity index (χ2n) is 9.71. The Morgan fingerprint density at radius 3 is 2.60 bits per heavy atom. The quantitative estimate of drug-likeness (QED) is 0.469. The largest absolute Gasteiger partial charge is 0.466 e. The van der Waals surface area contributed by atoms with Crippen LogP contribution in [0.15, 0.2) is 48.5 Å². The highest BCUT2D eigenvalue weighted by Crippen LogP contribution is 2.39. The Balaban J connectivity index is 1.50. The number of benzene rings is 2. The van der Waals surface area contributed by atoms with Crippen LogP contribution in [0, 0.1) is 5.82 Å². The minimum absolute atomic E-state index is 0.180. The number of nitrogens with one attached hydrogen (secondary N) is 2. The van der Waals surface area contributed by atoms with Crippen LogP contribution >= 0.6 is 0 Å². The van der Waals surface area contributed by atoms with Gasteiger partial charge in [-0.05, 0) is 55.5 Å². The van der Waals surface area contributed by atoms with Gasteiger partial charge in [0, 0.05) is 23.1 Å². The number of esters is 1. The molecule has 0 unspecified atom stereocenters. The number of ether oxygens (including phenoxy) is 1. The number of nitrogens with zero attached hydrogens (tertiary/aromatic N) is 1. The third-order valence-electron chi connectivity index (χ3n) is 7.45. The lowest BCUT2D eigenvalue weighted by Crippen LogP contribution is -2.56. The van der Waals surface area contributed by atoms with Crippen LogP contribution in [0.4, 0.5) is 9.18 Å². The molecule has 184 valence electrons. The average Bonchev–Trinajstić information content (AvgIpc) is 3.23. The predicted molar refractivity (Wildman–Crippen MR) is 133 cm³/mol. The van der Waals surface area contributed by atoms with Gasteiger partial charge in [-0.25, -0.2) is 9.18 Å². The molecular formula is C28H32FN3O3. The number of para-hydroxylation sites is 1. The van der Waals surface area contributed by atoms with Crippen LogP contribution in [-0.4, -0.2) is 40.6 Å². The maximum absolute atomic E-state index is 13.9. The van der Waals surface area contributed by atoms with Crippen LogP contribution in [0.3, 0.4) is 0 Å². The highest BCUT2D eigenvalue weighted by Gasteiger charge is 2.40. The smallest absolute Gasteiger partial charge is 0.318 e. The molecule has 1 saturated carbocycles. The number of H-pyrrole nitrogens is 1. The van der Waals surface area contributed by atoms with E-state index in [4.69, 9.17) is 4.74 Å². The number of fused-ring (bicyclic) bond motifs is 3. The number of carbonyl (C=O) groups is 2. The molecule has 35 heavy (non-hydrogen) atoms. The van der Waals surface area contributed by atoms with Gasteiger partial charge >= 0.3 is 12.0 Å². The van der Waals surface area contributed by atoms with E-state index < -0.39 is 5.54 Å². The Labute approximate surface area is 204 Å². The summed E-state index contributed by atoms with van der Waals surface area (Å²) in [6.07, 6.45) is 5.43. The number of hydrogen-bond acceptors (Lipinski definition) is 3. The molecule has 1 aliphatic carbocycles. The summed E-state index contributed by atoms with van der Waals surface area (Å²) in [5, 5.41) is 4.42. The van der Waals surface area contributed by atoms with E-state index in [1.165, 1.54) is 17.7 Å². The molecule has 3 aromatic rings. The third kappa shape index (κ3) is 4.64. The van der Waals surface area contributed by atoms with Crippen molar-refractivity contribution in [3.63, 3.8) is 0 Å². The minimum Gasteiger partial charge on any atom is -0.466 e. The molecule has 1 fully saturated rings. The van der Waals surface area contributed by atoms with Crippen molar-refractivity contribution in [1.29, 1.82) is 0 Å². The molecule has 0 saturated heterocycles. The topological polar surface area (TPSA) is 74.4 Å². The Morgan fingerprint density at radius 2 is 1.86 bits per heavy atom. The van der Waals surface area contributed by atoms with Crippen molar-refractivity contribution in [3.05, 3.63) is 71.2 Å². The van der Waals surface area contributed by atoms with Gasteiger partial charge in [0.1, 0.15) is 5.82 Å². The highest BCUT2D eigenvalue weighted by atomic mass is 19.1. The van der Waals surface area contributed by atoms with Gasteiger partial charge in [0.25, 0.3) is 0 Å². The molecule has 2 amide bonds. The lowest BCUT2D eigenvalue weighted by molar-refractivity contribution is -0.145. The number of urea groups is 1. The van der Waals surface area contributed by atoms with E-state index in [1.54, 1.807) is 19.1 Å². The van der Waals surface area contributed by atoms with Crippen LogP contribution in [-0.2, 0) is 16.0 Å². The van der Waals surface area contributed by atoms with Crippen LogP contribution in [0.1, 0.15) is 68.3 Å². The first-order valence-electron chi connectivity index (χ1n) is 12.6. The van der Waals surface area contributed by atoms with Crippen LogP contribution in [0.25, 0.3) is 10.9 Å². The van der Waals surface area contributed by atoms with E-state index in [2.05, 4.69) is 16.4 Å². The summed E-state index contributed by atoms with van der Waals surface area (Å²) in [5.74, 6) is -0.589. The first kappa shape index (κ1) is 23.4. The number of hydrogen-bond donors (Lipinski definition) is 2. The molecule has 0 spiro atoms. The first-order chi connectivity index (χ1) is 17.0. The lowest BCUT2D eigenvalue weighted by atomic mass is 9.79. The molecule has 5 rings (SSSR count). The number of amides is 2. The summed E-state index contributed by atoms with van der Waals surface area (Å²) in [6.45, 7) is 2.64. The van der Waals surface area contributed by atoms with Crippen LogP contribution in [0.5, 0.6) is 0 Å². The Bertz CT molecular complexity index is 1210. The molecule has 1 aromatic heterocycles. The van der Waals surface area contributed by atoms with Crippen molar-refractivity contribution in [3.8, 4) is 0 Å². The summed E-state index contributed by atoms with van der Waals surface area (Å²) >= 11 is 0.